The molecule has 0 amide bonds. The Balaban J connectivity index is 0.00000121. The molecule has 7 heteroatoms. The lowest BCUT2D eigenvalue weighted by Crippen LogP contribution is -2.38. The van der Waals surface area contributed by atoms with Gasteiger partial charge in [0.15, 0.2) is 5.17 Å². The molecule has 1 rings (SSSR count). The monoisotopic (exact) mass is 211 g/mol. The number of rotatable bonds is 2. The quantitative estimate of drug-likeness (QED) is 0.585. The molecule has 0 fully saturated rings. The minimum atomic E-state index is -0.821. The number of nitrogens with one attached hydrogen (secondary N) is 2. The van der Waals surface area contributed by atoms with Crippen LogP contribution < -0.4 is 10.6 Å². The van der Waals surface area contributed by atoms with Gasteiger partial charge in [-0.3, -0.25) is 10.1 Å². The normalized spacial score (nSPS) is 15.5. The Morgan fingerprint density at radius 1 is 1.75 bits per heavy atom. The number of aliphatic imine (C=N–C) groups is 1. The van der Waals surface area contributed by atoms with Gasteiger partial charge in [-0.05, 0) is 0 Å². The van der Waals surface area contributed by atoms with Crippen LogP contribution in [0.3, 0.4) is 0 Å². The Kier molecular flexibility index (Phi) is 5.87. The Bertz CT molecular complexity index is 188. The Hall–Kier alpha value is -0.460. The summed E-state index contributed by atoms with van der Waals surface area (Å²) in [6, 6.07) is 0. The van der Waals surface area contributed by atoms with E-state index in [1.807, 2.05) is 0 Å². The summed E-state index contributed by atoms with van der Waals surface area (Å²) in [6.45, 7) is 1.22. The van der Waals surface area contributed by atoms with Gasteiger partial charge in [-0.2, -0.15) is 0 Å². The molecule has 0 bridgehead atoms. The molecule has 1 aliphatic heterocycles. The van der Waals surface area contributed by atoms with E-state index >= 15 is 0 Å². The van der Waals surface area contributed by atoms with Crippen molar-refractivity contribution in [2.45, 2.75) is 0 Å². The molecule has 0 aromatic carbocycles. The highest BCUT2D eigenvalue weighted by atomic mass is 35.5. The highest BCUT2D eigenvalue weighted by Gasteiger charge is 2.05. The highest BCUT2D eigenvalue weighted by molar-refractivity contribution is 8.14. The van der Waals surface area contributed by atoms with Crippen molar-refractivity contribution in [1.29, 1.82) is 0 Å². The summed E-state index contributed by atoms with van der Waals surface area (Å²) in [5, 5.41) is 14.9. The molecule has 5 nitrogen and oxygen atoms in total. The fraction of sp³-hybridized carbons (Fsp3) is 0.600. The van der Waals surface area contributed by atoms with Crippen molar-refractivity contribution in [2.24, 2.45) is 4.99 Å². The van der Waals surface area contributed by atoms with Crippen molar-refractivity contribution in [3.63, 3.8) is 0 Å². The number of nitrogens with zero attached hydrogens (tertiary/aromatic N) is 1. The first-order chi connectivity index (χ1) is 5.29. The van der Waals surface area contributed by atoms with Crippen molar-refractivity contribution < 1.29 is 9.90 Å². The van der Waals surface area contributed by atoms with E-state index in [1.165, 1.54) is 11.8 Å². The minimum absolute atomic E-state index is 0. The van der Waals surface area contributed by atoms with Gasteiger partial charge in [-0.25, -0.2) is 4.99 Å². The number of carbonyl (C=O) groups is 1. The maximum atomic E-state index is 10.1. The van der Waals surface area contributed by atoms with Crippen LogP contribution in [0.2, 0.25) is 0 Å². The van der Waals surface area contributed by atoms with Crippen LogP contribution in [0.15, 0.2) is 4.99 Å². The second-order valence-electron chi connectivity index (χ2n) is 1.91. The molecule has 3 N–H and O–H groups in total. The number of carboxylic acid groups (broad SMARTS) is 1. The molecular formula is C5H10ClN3O2S. The number of aliphatic carboxylic acids is 1. The van der Waals surface area contributed by atoms with Gasteiger partial charge in [0.1, 0.15) is 0 Å². The highest BCUT2D eigenvalue weighted by Crippen LogP contribution is 2.01. The summed E-state index contributed by atoms with van der Waals surface area (Å²) in [6.07, 6.45) is 0. The lowest BCUT2D eigenvalue weighted by atomic mass is 10.8. The summed E-state index contributed by atoms with van der Waals surface area (Å²) in [7, 11) is 0. The molecule has 12 heavy (non-hydrogen) atoms. The van der Waals surface area contributed by atoms with Gasteiger partial charge in [0.25, 0.3) is 0 Å². The first-order valence-corrected chi connectivity index (χ1v) is 4.11. The molecule has 0 aromatic heterocycles. The van der Waals surface area contributed by atoms with Crippen LogP contribution >= 0.6 is 24.2 Å². The standard InChI is InChI=1S/C5H9N3O2S.ClH/c9-4(10)1-11-5-7-2-6-3-8-5;/h6H,1-3H2,(H,7,8)(H,9,10);1H. The summed E-state index contributed by atoms with van der Waals surface area (Å²) in [5.41, 5.74) is 0. The Morgan fingerprint density at radius 2 is 2.50 bits per heavy atom. The molecule has 70 valence electrons. The van der Waals surface area contributed by atoms with Crippen molar-refractivity contribution in [3.05, 3.63) is 0 Å². The first-order valence-electron chi connectivity index (χ1n) is 3.12. The van der Waals surface area contributed by atoms with E-state index in [4.69, 9.17) is 5.11 Å². The van der Waals surface area contributed by atoms with Crippen LogP contribution in [-0.4, -0.2) is 35.3 Å². The second kappa shape index (κ2) is 6.10. The molecule has 0 saturated heterocycles. The molecule has 0 aliphatic carbocycles. The molecule has 0 atom stereocenters. The SMILES string of the molecule is Cl.O=C(O)CSC1=NCNCN1. The molecule has 0 radical (unpaired) electrons. The van der Waals surface area contributed by atoms with Crippen LogP contribution in [0.5, 0.6) is 0 Å². The zero-order valence-electron chi connectivity index (χ0n) is 6.24. The second-order valence-corrected chi connectivity index (χ2v) is 2.87. The average Bonchev–Trinajstić information content (AvgIpc) is 2.03. The zero-order valence-corrected chi connectivity index (χ0v) is 7.87. The molecule has 0 spiro atoms. The summed E-state index contributed by atoms with van der Waals surface area (Å²) in [4.78, 5) is 14.1. The van der Waals surface area contributed by atoms with E-state index in [2.05, 4.69) is 15.6 Å². The van der Waals surface area contributed by atoms with Gasteiger partial charge in [0, 0.05) is 0 Å². The van der Waals surface area contributed by atoms with E-state index < -0.39 is 5.97 Å². The third kappa shape index (κ3) is 4.42. The van der Waals surface area contributed by atoms with E-state index in [1.54, 1.807) is 0 Å². The van der Waals surface area contributed by atoms with Crippen molar-refractivity contribution in [1.82, 2.24) is 10.6 Å². The maximum Gasteiger partial charge on any atom is 0.313 e. The number of hydrogen-bond donors (Lipinski definition) is 3. The van der Waals surface area contributed by atoms with Crippen molar-refractivity contribution >= 4 is 35.3 Å². The van der Waals surface area contributed by atoms with Gasteiger partial charge in [0.05, 0.1) is 19.1 Å². The van der Waals surface area contributed by atoms with Gasteiger partial charge in [-0.15, -0.1) is 12.4 Å². The van der Waals surface area contributed by atoms with Gasteiger partial charge >= 0.3 is 5.97 Å². The number of amidine groups is 1. The largest absolute Gasteiger partial charge is 0.481 e. The van der Waals surface area contributed by atoms with E-state index in [9.17, 15) is 4.79 Å². The predicted octanol–water partition coefficient (Wildman–Crippen LogP) is -0.310. The van der Waals surface area contributed by atoms with Crippen LogP contribution in [0.4, 0.5) is 0 Å². The van der Waals surface area contributed by atoms with Crippen molar-refractivity contribution in [3.8, 4) is 0 Å². The summed E-state index contributed by atoms with van der Waals surface area (Å²) in [5.74, 6) is -0.760. The average molecular weight is 212 g/mol. The molecular weight excluding hydrogens is 202 g/mol. The third-order valence-electron chi connectivity index (χ3n) is 1.03. The van der Waals surface area contributed by atoms with Crippen molar-refractivity contribution in [2.75, 3.05) is 19.1 Å². The molecule has 1 aliphatic rings. The fourth-order valence-electron chi connectivity index (χ4n) is 0.604. The van der Waals surface area contributed by atoms with E-state index in [-0.39, 0.29) is 18.2 Å². The third-order valence-corrected chi connectivity index (χ3v) is 1.97. The number of hydrogen-bond acceptors (Lipinski definition) is 5. The topological polar surface area (TPSA) is 73.7 Å². The summed E-state index contributed by atoms with van der Waals surface area (Å²) < 4.78 is 0. The Labute approximate surface area is 80.4 Å². The van der Waals surface area contributed by atoms with Gasteiger partial charge in [0.2, 0.25) is 0 Å². The number of thioether (sulfide) groups is 1. The maximum absolute atomic E-state index is 10.1. The molecule has 1 heterocycles. The van der Waals surface area contributed by atoms with Crippen LogP contribution in [0.1, 0.15) is 0 Å². The van der Waals surface area contributed by atoms with E-state index in [0.29, 0.717) is 18.5 Å². The molecule has 0 aromatic rings. The summed E-state index contributed by atoms with van der Waals surface area (Å²) >= 11 is 1.20. The van der Waals surface area contributed by atoms with Gasteiger partial charge in [-0.1, -0.05) is 11.8 Å². The molecule has 0 unspecified atom stereocenters. The zero-order chi connectivity index (χ0) is 8.10. The lowest BCUT2D eigenvalue weighted by Gasteiger charge is -2.13. The first kappa shape index (κ1) is 11.5. The van der Waals surface area contributed by atoms with Crippen LogP contribution in [-0.2, 0) is 4.79 Å². The van der Waals surface area contributed by atoms with E-state index in [0.717, 1.165) is 0 Å². The Morgan fingerprint density at radius 3 is 3.00 bits per heavy atom. The minimum Gasteiger partial charge on any atom is -0.481 e. The van der Waals surface area contributed by atoms with Crippen LogP contribution in [0.25, 0.3) is 0 Å². The number of carboxylic acids is 1. The predicted molar refractivity (Wildman–Crippen MR) is 50.8 cm³/mol. The lowest BCUT2D eigenvalue weighted by molar-refractivity contribution is -0.133. The smallest absolute Gasteiger partial charge is 0.313 e. The number of halogens is 1. The molecule has 0 saturated carbocycles. The van der Waals surface area contributed by atoms with Crippen LogP contribution in [0, 0.1) is 0 Å². The van der Waals surface area contributed by atoms with Gasteiger partial charge < -0.3 is 10.4 Å². The fourth-order valence-corrected chi connectivity index (χ4v) is 1.19.